The Morgan fingerprint density at radius 3 is 2.64 bits per heavy atom. The summed E-state index contributed by atoms with van der Waals surface area (Å²) in [6.07, 6.45) is 2.91. The van der Waals surface area contributed by atoms with Gasteiger partial charge in [0.25, 0.3) is 5.91 Å². The molecule has 192 valence electrons. The number of rotatable bonds is 7. The lowest BCUT2D eigenvalue weighted by atomic mass is 9.81. The molecule has 2 aromatic rings. The first-order chi connectivity index (χ1) is 17.2. The maximum absolute atomic E-state index is 12.8. The molecule has 6 N–H and O–H groups in total. The molecule has 1 unspecified atom stereocenters. The van der Waals surface area contributed by atoms with Crippen LogP contribution in [0.4, 0.5) is 5.69 Å². The van der Waals surface area contributed by atoms with Crippen LogP contribution in [0, 0.1) is 12.8 Å². The smallest absolute Gasteiger partial charge is 0.270 e. The number of hydrogen-bond donors (Lipinski definition) is 5. The molecule has 1 saturated carbocycles. The van der Waals surface area contributed by atoms with Crippen LogP contribution in [0.3, 0.4) is 0 Å². The van der Waals surface area contributed by atoms with Crippen molar-refractivity contribution < 1.29 is 24.6 Å². The number of phenols is 1. The number of hydrogen-bond acceptors (Lipinski definition) is 9. The molecule has 0 spiro atoms. The number of anilines is 1. The van der Waals surface area contributed by atoms with Gasteiger partial charge in [-0.15, -0.1) is 0 Å². The largest absolute Gasteiger partial charge is 0.506 e. The van der Waals surface area contributed by atoms with Gasteiger partial charge in [-0.1, -0.05) is 11.2 Å². The second-order valence-electron chi connectivity index (χ2n) is 9.44. The van der Waals surface area contributed by atoms with E-state index in [1.165, 1.54) is 13.0 Å². The Labute approximate surface area is 209 Å². The highest BCUT2D eigenvalue weighted by Crippen LogP contribution is 2.33. The van der Waals surface area contributed by atoms with E-state index in [4.69, 9.17) is 10.6 Å². The standard InChI is InChI=1S/C25H32N6O5/c1-13(32)24(34)30-17-6-4-16(5-7-17)23-11-20(31-36-23)19-10-21(29-14(2)28-19)25(35)27-12-15-3-8-22(33)18(26)9-15/h3,8-10,13,16-17,23,32-33H,4-7,11-12,26H2,1-2H3,(H,27,35)(H,30,34)/t13-,16?,17?,23?/m0/s1. The van der Waals surface area contributed by atoms with Crippen LogP contribution in [-0.2, 0) is 16.2 Å². The lowest BCUT2D eigenvalue weighted by molar-refractivity contribution is -0.129. The van der Waals surface area contributed by atoms with Crippen LogP contribution < -0.4 is 16.4 Å². The summed E-state index contributed by atoms with van der Waals surface area (Å²) in [7, 11) is 0. The van der Waals surface area contributed by atoms with E-state index in [0.717, 1.165) is 31.2 Å². The first-order valence-electron chi connectivity index (χ1n) is 12.1. The van der Waals surface area contributed by atoms with E-state index in [0.29, 0.717) is 29.6 Å². The summed E-state index contributed by atoms with van der Waals surface area (Å²) in [5.74, 6) is 0.0472. The minimum absolute atomic E-state index is 0.00449. The van der Waals surface area contributed by atoms with Crippen LogP contribution in [0.15, 0.2) is 29.4 Å². The zero-order valence-corrected chi connectivity index (χ0v) is 20.4. The number of phenolic OH excluding ortho intramolecular Hbond substituents is 1. The number of oxime groups is 1. The zero-order chi connectivity index (χ0) is 25.8. The predicted molar refractivity (Wildman–Crippen MR) is 132 cm³/mol. The molecule has 1 aromatic carbocycles. The minimum Gasteiger partial charge on any atom is -0.506 e. The number of nitrogen functional groups attached to an aromatic ring is 1. The van der Waals surface area contributed by atoms with Crippen molar-refractivity contribution in [3.63, 3.8) is 0 Å². The van der Waals surface area contributed by atoms with Crippen LogP contribution in [-0.4, -0.2) is 56.0 Å². The van der Waals surface area contributed by atoms with Crippen molar-refractivity contribution in [3.05, 3.63) is 47.0 Å². The molecule has 36 heavy (non-hydrogen) atoms. The molecule has 1 aliphatic carbocycles. The van der Waals surface area contributed by atoms with Gasteiger partial charge in [-0.25, -0.2) is 9.97 Å². The average Bonchev–Trinajstić information content (AvgIpc) is 3.35. The van der Waals surface area contributed by atoms with Gasteiger partial charge in [0, 0.05) is 19.0 Å². The third kappa shape index (κ3) is 6.09. The average molecular weight is 497 g/mol. The van der Waals surface area contributed by atoms with E-state index < -0.39 is 6.10 Å². The minimum atomic E-state index is -1.01. The predicted octanol–water partition coefficient (Wildman–Crippen LogP) is 1.55. The molecular weight excluding hydrogens is 464 g/mol. The summed E-state index contributed by atoms with van der Waals surface area (Å²) < 4.78 is 0. The zero-order valence-electron chi connectivity index (χ0n) is 20.4. The van der Waals surface area contributed by atoms with E-state index in [1.54, 1.807) is 25.1 Å². The number of aryl methyl sites for hydroxylation is 1. The highest BCUT2D eigenvalue weighted by molar-refractivity contribution is 6.02. The third-order valence-corrected chi connectivity index (χ3v) is 6.63. The third-order valence-electron chi connectivity index (χ3n) is 6.63. The Morgan fingerprint density at radius 1 is 1.19 bits per heavy atom. The Kier molecular flexibility index (Phi) is 7.68. The number of aromatic nitrogens is 2. The molecule has 11 nitrogen and oxygen atoms in total. The van der Waals surface area contributed by atoms with Crippen molar-refractivity contribution in [2.45, 2.75) is 70.7 Å². The summed E-state index contributed by atoms with van der Waals surface area (Å²) >= 11 is 0. The number of carbonyl (C=O) groups is 2. The maximum Gasteiger partial charge on any atom is 0.270 e. The first kappa shape index (κ1) is 25.4. The molecule has 2 aliphatic rings. The van der Waals surface area contributed by atoms with Crippen LogP contribution >= 0.6 is 0 Å². The van der Waals surface area contributed by atoms with Crippen molar-refractivity contribution in [2.24, 2.45) is 11.1 Å². The van der Waals surface area contributed by atoms with Gasteiger partial charge in [0.15, 0.2) is 0 Å². The summed E-state index contributed by atoms with van der Waals surface area (Å²) in [4.78, 5) is 39.0. The van der Waals surface area contributed by atoms with E-state index in [2.05, 4.69) is 25.8 Å². The fourth-order valence-electron chi connectivity index (χ4n) is 4.58. The lowest BCUT2D eigenvalue weighted by Gasteiger charge is -2.31. The second kappa shape index (κ2) is 10.9. The van der Waals surface area contributed by atoms with Crippen molar-refractivity contribution >= 4 is 23.2 Å². The summed E-state index contributed by atoms with van der Waals surface area (Å²) in [6.45, 7) is 3.41. The number of carbonyl (C=O) groups excluding carboxylic acids is 2. The summed E-state index contributed by atoms with van der Waals surface area (Å²) in [5.41, 5.74) is 8.17. The van der Waals surface area contributed by atoms with E-state index in [9.17, 15) is 19.8 Å². The van der Waals surface area contributed by atoms with Crippen molar-refractivity contribution in [3.8, 4) is 5.75 Å². The van der Waals surface area contributed by atoms with Crippen LogP contribution in [0.2, 0.25) is 0 Å². The topological polar surface area (TPSA) is 172 Å². The number of aromatic hydroxyl groups is 1. The number of benzene rings is 1. The van der Waals surface area contributed by atoms with Gasteiger partial charge in [0.2, 0.25) is 5.91 Å². The molecule has 2 amide bonds. The van der Waals surface area contributed by atoms with Gasteiger partial charge in [-0.3, -0.25) is 9.59 Å². The van der Waals surface area contributed by atoms with Crippen LogP contribution in [0.1, 0.15) is 66.6 Å². The quantitative estimate of drug-likeness (QED) is 0.284. The number of nitrogens with zero attached hydrogens (tertiary/aromatic N) is 3. The number of amides is 2. The van der Waals surface area contributed by atoms with Crippen molar-refractivity contribution in [2.75, 3.05) is 5.73 Å². The number of aliphatic hydroxyl groups excluding tert-OH is 1. The lowest BCUT2D eigenvalue weighted by Crippen LogP contribution is -2.43. The molecule has 2 heterocycles. The molecule has 0 bridgehead atoms. The Balaban J connectivity index is 1.33. The molecule has 4 rings (SSSR count). The molecule has 0 saturated heterocycles. The van der Waals surface area contributed by atoms with E-state index >= 15 is 0 Å². The first-order valence-corrected chi connectivity index (χ1v) is 12.1. The van der Waals surface area contributed by atoms with Gasteiger partial charge in [0.1, 0.15) is 35.2 Å². The Bertz CT molecular complexity index is 1160. The molecule has 1 aliphatic heterocycles. The fraction of sp³-hybridized carbons (Fsp3) is 0.480. The van der Waals surface area contributed by atoms with Crippen molar-refractivity contribution in [1.82, 2.24) is 20.6 Å². The molecule has 1 fully saturated rings. The number of aliphatic hydroxyl groups is 1. The van der Waals surface area contributed by atoms with Gasteiger partial charge >= 0.3 is 0 Å². The summed E-state index contributed by atoms with van der Waals surface area (Å²) in [5, 5.41) is 28.9. The molecule has 1 aromatic heterocycles. The van der Waals surface area contributed by atoms with Gasteiger partial charge in [-0.05, 0) is 69.2 Å². The normalized spacial score (nSPS) is 22.3. The van der Waals surface area contributed by atoms with E-state index in [1.807, 2.05) is 0 Å². The maximum atomic E-state index is 12.8. The second-order valence-corrected chi connectivity index (χ2v) is 9.44. The monoisotopic (exact) mass is 496 g/mol. The molecular formula is C25H32N6O5. The molecule has 2 atom stereocenters. The van der Waals surface area contributed by atoms with Gasteiger partial charge in [-0.2, -0.15) is 0 Å². The molecule has 11 heteroatoms. The van der Waals surface area contributed by atoms with Crippen molar-refractivity contribution in [1.29, 1.82) is 0 Å². The fourth-order valence-corrected chi connectivity index (χ4v) is 4.58. The highest BCUT2D eigenvalue weighted by Gasteiger charge is 2.34. The number of nitrogens with two attached hydrogens (primary N) is 1. The highest BCUT2D eigenvalue weighted by atomic mass is 16.6. The Morgan fingerprint density at radius 2 is 1.94 bits per heavy atom. The van der Waals surface area contributed by atoms with E-state index in [-0.39, 0.29) is 47.6 Å². The van der Waals surface area contributed by atoms with Gasteiger partial charge in [0.05, 0.1) is 11.4 Å². The SMILES string of the molecule is Cc1nc(C(=O)NCc2ccc(O)c(N)c2)cc(C2=NOC(C3CCC(NC(=O)[C@H](C)O)CC3)C2)n1. The Hall–Kier alpha value is -3.73. The number of nitrogens with one attached hydrogen (secondary N) is 2. The molecule has 0 radical (unpaired) electrons. The van der Waals surface area contributed by atoms with Gasteiger partial charge < -0.3 is 31.4 Å². The van der Waals surface area contributed by atoms with Crippen LogP contribution in [0.5, 0.6) is 5.75 Å². The summed E-state index contributed by atoms with van der Waals surface area (Å²) in [6, 6.07) is 6.44. The van der Waals surface area contributed by atoms with Crippen LogP contribution in [0.25, 0.3) is 0 Å².